The molecule has 1 fully saturated rings. The Balaban J connectivity index is 1.62. The molecule has 6 heteroatoms. The van der Waals surface area contributed by atoms with Crippen LogP contribution >= 0.6 is 0 Å². The van der Waals surface area contributed by atoms with Gasteiger partial charge in [0.15, 0.2) is 0 Å². The number of nitrogens with one attached hydrogen (secondary N) is 3. The van der Waals surface area contributed by atoms with Gasteiger partial charge < -0.3 is 25.2 Å². The number of para-hydroxylation sites is 1. The predicted molar refractivity (Wildman–Crippen MR) is 81.5 cm³/mol. The summed E-state index contributed by atoms with van der Waals surface area (Å²) in [6.07, 6.45) is 1.83. The maximum atomic E-state index is 12.3. The van der Waals surface area contributed by atoms with Crippen LogP contribution in [-0.2, 0) is 0 Å². The number of amides is 2. The zero-order valence-electron chi connectivity index (χ0n) is 11.9. The molecule has 0 aliphatic carbocycles. The van der Waals surface area contributed by atoms with E-state index in [-0.39, 0.29) is 12.6 Å². The Morgan fingerprint density at radius 1 is 1.33 bits per heavy atom. The number of quaternary nitrogens is 1. The van der Waals surface area contributed by atoms with Crippen molar-refractivity contribution >= 4 is 22.6 Å². The van der Waals surface area contributed by atoms with Crippen LogP contribution in [0.4, 0.5) is 10.5 Å². The number of benzene rings is 1. The first-order valence-corrected chi connectivity index (χ1v) is 7.34. The zero-order chi connectivity index (χ0) is 14.7. The lowest BCUT2D eigenvalue weighted by atomic mass is 10.2. The SMILES string of the molecule is O=C(Nc1c[nH]c2ccccc12)N1CC[NH+](CCO)CC1. The fraction of sp³-hybridized carbons (Fsp3) is 0.400. The third kappa shape index (κ3) is 3.01. The Labute approximate surface area is 123 Å². The van der Waals surface area contributed by atoms with Crippen molar-refractivity contribution in [1.29, 1.82) is 0 Å². The molecule has 0 radical (unpaired) electrons. The zero-order valence-corrected chi connectivity index (χ0v) is 11.9. The second-order valence-corrected chi connectivity index (χ2v) is 5.39. The van der Waals surface area contributed by atoms with Crippen molar-refractivity contribution in [3.8, 4) is 0 Å². The van der Waals surface area contributed by atoms with Crippen LogP contribution in [0.5, 0.6) is 0 Å². The number of fused-ring (bicyclic) bond motifs is 1. The summed E-state index contributed by atoms with van der Waals surface area (Å²) < 4.78 is 0. The van der Waals surface area contributed by atoms with Gasteiger partial charge in [-0.05, 0) is 6.07 Å². The summed E-state index contributed by atoms with van der Waals surface area (Å²) >= 11 is 0. The standard InChI is InChI=1S/C15H20N4O2/c20-10-9-18-5-7-19(8-6-18)15(21)17-14-11-16-13-4-2-1-3-12(13)14/h1-4,11,16,20H,5-10H2,(H,17,21)/p+1. The normalized spacial score (nSPS) is 16.3. The van der Waals surface area contributed by atoms with Gasteiger partial charge >= 0.3 is 6.03 Å². The predicted octanol–water partition coefficient (Wildman–Crippen LogP) is -0.107. The van der Waals surface area contributed by atoms with E-state index in [2.05, 4.69) is 10.3 Å². The number of nitrogens with zero attached hydrogens (tertiary/aromatic N) is 1. The van der Waals surface area contributed by atoms with Crippen molar-refractivity contribution in [2.45, 2.75) is 0 Å². The minimum Gasteiger partial charge on any atom is -0.391 e. The van der Waals surface area contributed by atoms with Gasteiger partial charge in [-0.1, -0.05) is 18.2 Å². The average Bonchev–Trinajstić information content (AvgIpc) is 2.92. The third-order valence-corrected chi connectivity index (χ3v) is 4.05. The summed E-state index contributed by atoms with van der Waals surface area (Å²) in [6, 6.07) is 7.85. The highest BCUT2D eigenvalue weighted by molar-refractivity contribution is 6.00. The van der Waals surface area contributed by atoms with Gasteiger partial charge in [-0.15, -0.1) is 0 Å². The number of urea groups is 1. The van der Waals surface area contributed by atoms with Crippen LogP contribution < -0.4 is 10.2 Å². The molecule has 2 amide bonds. The molecule has 0 unspecified atom stereocenters. The molecule has 2 aromatic rings. The van der Waals surface area contributed by atoms with E-state index in [1.807, 2.05) is 35.4 Å². The fourth-order valence-electron chi connectivity index (χ4n) is 2.80. The number of aromatic amines is 1. The lowest BCUT2D eigenvalue weighted by molar-refractivity contribution is -0.904. The van der Waals surface area contributed by atoms with Crippen molar-refractivity contribution < 1.29 is 14.8 Å². The molecule has 1 aromatic carbocycles. The molecule has 1 aliphatic heterocycles. The van der Waals surface area contributed by atoms with Crippen LogP contribution in [0.2, 0.25) is 0 Å². The number of aliphatic hydroxyl groups excluding tert-OH is 1. The molecule has 3 rings (SSSR count). The highest BCUT2D eigenvalue weighted by atomic mass is 16.3. The molecule has 1 saturated heterocycles. The van der Waals surface area contributed by atoms with E-state index in [1.54, 1.807) is 0 Å². The maximum absolute atomic E-state index is 12.3. The van der Waals surface area contributed by atoms with E-state index in [0.717, 1.165) is 49.3 Å². The molecule has 0 saturated carbocycles. The number of aromatic nitrogens is 1. The number of anilines is 1. The highest BCUT2D eigenvalue weighted by Crippen LogP contribution is 2.22. The largest absolute Gasteiger partial charge is 0.391 e. The first kappa shape index (κ1) is 13.9. The smallest absolute Gasteiger partial charge is 0.322 e. The summed E-state index contributed by atoms with van der Waals surface area (Å²) in [4.78, 5) is 18.7. The number of hydrogen-bond acceptors (Lipinski definition) is 2. The van der Waals surface area contributed by atoms with Crippen LogP contribution in [0.1, 0.15) is 0 Å². The van der Waals surface area contributed by atoms with Crippen molar-refractivity contribution in [2.75, 3.05) is 44.6 Å². The minimum absolute atomic E-state index is 0.0530. The van der Waals surface area contributed by atoms with Crippen molar-refractivity contribution in [2.24, 2.45) is 0 Å². The number of rotatable bonds is 3. The number of carbonyl (C=O) groups is 1. The molecule has 4 N–H and O–H groups in total. The van der Waals surface area contributed by atoms with Crippen LogP contribution in [0.3, 0.4) is 0 Å². The summed E-state index contributed by atoms with van der Waals surface area (Å²) in [6.45, 7) is 4.20. The molecule has 1 aliphatic rings. The van der Waals surface area contributed by atoms with Gasteiger partial charge in [-0.3, -0.25) is 0 Å². The first-order valence-electron chi connectivity index (χ1n) is 7.34. The average molecular weight is 289 g/mol. The quantitative estimate of drug-likeness (QED) is 0.637. The lowest BCUT2D eigenvalue weighted by Gasteiger charge is -2.31. The Kier molecular flexibility index (Phi) is 4.08. The Bertz CT molecular complexity index is 617. The number of carbonyl (C=O) groups excluding carboxylic acids is 1. The van der Waals surface area contributed by atoms with Crippen molar-refractivity contribution in [3.05, 3.63) is 30.5 Å². The molecule has 112 valence electrons. The number of hydrogen-bond donors (Lipinski definition) is 4. The topological polar surface area (TPSA) is 72.8 Å². The molecular formula is C15H21N4O2+. The summed E-state index contributed by atoms with van der Waals surface area (Å²) in [5, 5.41) is 13.0. The van der Waals surface area contributed by atoms with E-state index in [9.17, 15) is 4.79 Å². The maximum Gasteiger partial charge on any atom is 0.322 e. The van der Waals surface area contributed by atoms with E-state index in [4.69, 9.17) is 5.11 Å². The number of piperazine rings is 1. The first-order chi connectivity index (χ1) is 10.3. The molecule has 0 atom stereocenters. The molecule has 1 aromatic heterocycles. The highest BCUT2D eigenvalue weighted by Gasteiger charge is 2.23. The molecular weight excluding hydrogens is 268 g/mol. The Morgan fingerprint density at radius 3 is 2.86 bits per heavy atom. The van der Waals surface area contributed by atoms with Gasteiger partial charge in [0, 0.05) is 17.1 Å². The number of H-pyrrole nitrogens is 1. The third-order valence-electron chi connectivity index (χ3n) is 4.05. The Morgan fingerprint density at radius 2 is 2.10 bits per heavy atom. The number of aliphatic hydroxyl groups is 1. The molecule has 0 bridgehead atoms. The van der Waals surface area contributed by atoms with Gasteiger partial charge in [0.1, 0.15) is 6.54 Å². The second kappa shape index (κ2) is 6.15. The molecule has 21 heavy (non-hydrogen) atoms. The lowest BCUT2D eigenvalue weighted by Crippen LogP contribution is -3.15. The van der Waals surface area contributed by atoms with Crippen LogP contribution in [0, 0.1) is 0 Å². The van der Waals surface area contributed by atoms with E-state index >= 15 is 0 Å². The van der Waals surface area contributed by atoms with E-state index < -0.39 is 0 Å². The molecule has 2 heterocycles. The van der Waals surface area contributed by atoms with Crippen molar-refractivity contribution in [1.82, 2.24) is 9.88 Å². The molecule has 6 nitrogen and oxygen atoms in total. The fourth-order valence-corrected chi connectivity index (χ4v) is 2.80. The van der Waals surface area contributed by atoms with Crippen LogP contribution in [-0.4, -0.2) is 60.4 Å². The minimum atomic E-state index is -0.0530. The summed E-state index contributed by atoms with van der Waals surface area (Å²) in [5.41, 5.74) is 1.84. The van der Waals surface area contributed by atoms with E-state index in [0.29, 0.717) is 0 Å². The van der Waals surface area contributed by atoms with Crippen molar-refractivity contribution in [3.63, 3.8) is 0 Å². The monoisotopic (exact) mass is 289 g/mol. The van der Waals surface area contributed by atoms with Gasteiger partial charge in [0.2, 0.25) is 0 Å². The van der Waals surface area contributed by atoms with Gasteiger partial charge in [-0.2, -0.15) is 0 Å². The summed E-state index contributed by atoms with van der Waals surface area (Å²) in [7, 11) is 0. The van der Waals surface area contributed by atoms with Crippen LogP contribution in [0.25, 0.3) is 10.9 Å². The van der Waals surface area contributed by atoms with Gasteiger partial charge in [0.25, 0.3) is 0 Å². The molecule has 0 spiro atoms. The Hall–Kier alpha value is -2.05. The second-order valence-electron chi connectivity index (χ2n) is 5.39. The summed E-state index contributed by atoms with van der Waals surface area (Å²) in [5.74, 6) is 0. The van der Waals surface area contributed by atoms with Gasteiger partial charge in [-0.25, -0.2) is 4.79 Å². The van der Waals surface area contributed by atoms with Gasteiger partial charge in [0.05, 0.1) is 38.5 Å². The van der Waals surface area contributed by atoms with Crippen LogP contribution in [0.15, 0.2) is 30.5 Å². The van der Waals surface area contributed by atoms with E-state index in [1.165, 1.54) is 4.90 Å².